The van der Waals surface area contributed by atoms with Crippen LogP contribution in [0.1, 0.15) is 19.5 Å². The third-order valence-corrected chi connectivity index (χ3v) is 7.30. The molecule has 1 amide bonds. The maximum atomic E-state index is 11.4. The Labute approximate surface area is 233 Å². The lowest BCUT2D eigenvalue weighted by atomic mass is 10.1. The number of aromatic nitrogens is 3. The number of para-hydroxylation sites is 1. The van der Waals surface area contributed by atoms with Crippen LogP contribution >= 0.6 is 0 Å². The molecule has 0 radical (unpaired) electrons. The zero-order chi connectivity index (χ0) is 28.2. The van der Waals surface area contributed by atoms with E-state index in [1.165, 1.54) is 10.4 Å². The van der Waals surface area contributed by atoms with E-state index in [0.717, 1.165) is 34.6 Å². The van der Waals surface area contributed by atoms with Crippen molar-refractivity contribution in [3.8, 4) is 17.0 Å². The highest BCUT2D eigenvalue weighted by Gasteiger charge is 2.23. The van der Waals surface area contributed by atoms with E-state index in [1.54, 1.807) is 19.4 Å². The average molecular weight is 546 g/mol. The van der Waals surface area contributed by atoms with Crippen LogP contribution < -0.4 is 20.7 Å². The second-order valence-corrected chi connectivity index (χ2v) is 9.49. The largest absolute Gasteiger partial charge is 0.494 e. The van der Waals surface area contributed by atoms with Crippen LogP contribution in [0.4, 0.5) is 27.8 Å². The van der Waals surface area contributed by atoms with E-state index in [9.17, 15) is 9.90 Å². The van der Waals surface area contributed by atoms with Gasteiger partial charge in [-0.15, -0.1) is 0 Å². The van der Waals surface area contributed by atoms with E-state index in [4.69, 9.17) is 20.2 Å². The van der Waals surface area contributed by atoms with Crippen LogP contribution in [-0.2, 0) is 17.9 Å². The van der Waals surface area contributed by atoms with E-state index in [1.807, 2.05) is 43.0 Å². The molecule has 0 unspecified atom stereocenters. The zero-order valence-corrected chi connectivity index (χ0v) is 23.1. The van der Waals surface area contributed by atoms with E-state index in [0.29, 0.717) is 62.5 Å². The molecule has 0 fully saturated rings. The lowest BCUT2D eigenvalue weighted by Crippen LogP contribution is -2.38. The molecule has 0 saturated carbocycles. The van der Waals surface area contributed by atoms with Gasteiger partial charge in [-0.05, 0) is 32.0 Å². The summed E-state index contributed by atoms with van der Waals surface area (Å²) in [5.74, 6) is 0.985. The summed E-state index contributed by atoms with van der Waals surface area (Å²) in [5.41, 5.74) is 12.5. The predicted molar refractivity (Wildman–Crippen MR) is 156 cm³/mol. The number of nitrogen functional groups attached to an aromatic ring is 1. The van der Waals surface area contributed by atoms with E-state index in [-0.39, 0.29) is 0 Å². The van der Waals surface area contributed by atoms with Crippen molar-refractivity contribution in [3.63, 3.8) is 0 Å². The number of nitrogens with two attached hydrogens (primary N) is 1. The molecule has 5 rings (SSSR count). The third kappa shape index (κ3) is 5.20. The van der Waals surface area contributed by atoms with Crippen LogP contribution in [0.15, 0.2) is 48.7 Å². The summed E-state index contributed by atoms with van der Waals surface area (Å²) in [5, 5.41) is 13.8. The van der Waals surface area contributed by atoms with Gasteiger partial charge in [-0.3, -0.25) is 0 Å². The van der Waals surface area contributed by atoms with Gasteiger partial charge in [-0.2, -0.15) is 0 Å². The van der Waals surface area contributed by atoms with Crippen LogP contribution in [0.5, 0.6) is 5.75 Å². The first-order chi connectivity index (χ1) is 19.4. The average Bonchev–Trinajstić information content (AvgIpc) is 3.30. The van der Waals surface area contributed by atoms with Gasteiger partial charge in [0.25, 0.3) is 0 Å². The molecular formula is C29H35N7O4. The zero-order valence-electron chi connectivity index (χ0n) is 23.1. The minimum Gasteiger partial charge on any atom is -0.494 e. The summed E-state index contributed by atoms with van der Waals surface area (Å²) in [6.07, 6.45) is 0.797. The number of rotatable bonds is 10. The van der Waals surface area contributed by atoms with Gasteiger partial charge in [0.1, 0.15) is 5.75 Å². The van der Waals surface area contributed by atoms with Gasteiger partial charge in [0.2, 0.25) is 5.95 Å². The molecule has 11 heteroatoms. The number of fused-ring (bicyclic) bond motifs is 3. The number of carboxylic acid groups (broad SMARTS) is 1. The van der Waals surface area contributed by atoms with Gasteiger partial charge in [-0.25, -0.2) is 14.8 Å². The molecule has 2 aromatic heterocycles. The number of hydrogen-bond donors (Lipinski definition) is 3. The molecular weight excluding hydrogens is 510 g/mol. The highest BCUT2D eigenvalue weighted by atomic mass is 16.5. The van der Waals surface area contributed by atoms with Crippen LogP contribution in [0.25, 0.3) is 22.2 Å². The fourth-order valence-electron chi connectivity index (χ4n) is 5.26. The highest BCUT2D eigenvalue weighted by molar-refractivity contribution is 5.97. The Morgan fingerprint density at radius 2 is 2.02 bits per heavy atom. The number of carbonyl (C=O) groups is 1. The Morgan fingerprint density at radius 1 is 1.20 bits per heavy atom. The Hall–Kier alpha value is -4.51. The molecule has 1 aliphatic rings. The first kappa shape index (κ1) is 27.1. The van der Waals surface area contributed by atoms with Crippen LogP contribution in [0, 0.1) is 0 Å². The monoisotopic (exact) mass is 545 g/mol. The lowest BCUT2D eigenvalue weighted by molar-refractivity contribution is 0.0869. The summed E-state index contributed by atoms with van der Waals surface area (Å²) in [6.45, 7) is 7.78. The highest BCUT2D eigenvalue weighted by Crippen LogP contribution is 2.38. The lowest BCUT2D eigenvalue weighted by Gasteiger charge is -2.28. The molecule has 1 aliphatic heterocycles. The number of likely N-dealkylation sites (N-methyl/N-ethyl adjacent to an activating group) is 2. The van der Waals surface area contributed by atoms with Crippen molar-refractivity contribution in [1.29, 1.82) is 0 Å². The maximum absolute atomic E-state index is 11.4. The minimum atomic E-state index is -0.938. The summed E-state index contributed by atoms with van der Waals surface area (Å²) < 4.78 is 13.8. The number of nitrogens with one attached hydrogen (secondary N) is 1. The molecule has 11 nitrogen and oxygen atoms in total. The number of benzene rings is 2. The SMILES string of the molecule is CCN(CCN(CC)c1cc(OC)c(Nc2nccc(-c3c4n(c5ccccc35)CCOC4)n2)cc1N)C(=O)O. The van der Waals surface area contributed by atoms with Gasteiger partial charge in [0.05, 0.1) is 48.8 Å². The van der Waals surface area contributed by atoms with Crippen molar-refractivity contribution >= 4 is 40.0 Å². The normalized spacial score (nSPS) is 12.7. The molecule has 0 spiro atoms. The smallest absolute Gasteiger partial charge is 0.407 e. The molecule has 0 aliphatic carbocycles. The molecule has 4 N–H and O–H groups in total. The maximum Gasteiger partial charge on any atom is 0.407 e. The molecule has 40 heavy (non-hydrogen) atoms. The predicted octanol–water partition coefficient (Wildman–Crippen LogP) is 4.79. The first-order valence-electron chi connectivity index (χ1n) is 13.4. The Balaban J connectivity index is 1.44. The van der Waals surface area contributed by atoms with Crippen LogP contribution in [0.3, 0.4) is 0 Å². The minimum absolute atomic E-state index is 0.367. The molecule has 0 bridgehead atoms. The van der Waals surface area contributed by atoms with Gasteiger partial charge in [0, 0.05) is 61.5 Å². The van der Waals surface area contributed by atoms with Crippen molar-refractivity contribution in [2.75, 3.05) is 55.8 Å². The fraction of sp³-hybridized carbons (Fsp3) is 0.345. The fourth-order valence-corrected chi connectivity index (χ4v) is 5.26. The van der Waals surface area contributed by atoms with Crippen LogP contribution in [0.2, 0.25) is 0 Å². The number of anilines is 4. The number of methoxy groups -OCH3 is 1. The van der Waals surface area contributed by atoms with Crippen molar-refractivity contribution in [2.45, 2.75) is 27.0 Å². The molecule has 3 heterocycles. The summed E-state index contributed by atoms with van der Waals surface area (Å²) in [4.78, 5) is 24.2. The molecule has 0 saturated heterocycles. The third-order valence-electron chi connectivity index (χ3n) is 7.30. The Kier molecular flexibility index (Phi) is 7.92. The summed E-state index contributed by atoms with van der Waals surface area (Å²) in [7, 11) is 1.59. The number of ether oxygens (including phenoxy) is 2. The first-order valence-corrected chi connectivity index (χ1v) is 13.4. The number of nitrogens with zero attached hydrogens (tertiary/aromatic N) is 5. The van der Waals surface area contributed by atoms with Crippen molar-refractivity contribution < 1.29 is 19.4 Å². The quantitative estimate of drug-likeness (QED) is 0.241. The van der Waals surface area contributed by atoms with E-state index in [2.05, 4.69) is 27.0 Å². The Bertz CT molecular complexity index is 1520. The molecule has 0 atom stereocenters. The molecule has 210 valence electrons. The van der Waals surface area contributed by atoms with Gasteiger partial charge in [0.15, 0.2) is 0 Å². The van der Waals surface area contributed by atoms with Gasteiger partial charge < -0.3 is 40.0 Å². The number of hydrogen-bond acceptors (Lipinski definition) is 8. The van der Waals surface area contributed by atoms with Crippen molar-refractivity contribution in [3.05, 3.63) is 54.4 Å². The second-order valence-electron chi connectivity index (χ2n) is 9.49. The van der Waals surface area contributed by atoms with Gasteiger partial charge in [-0.1, -0.05) is 18.2 Å². The van der Waals surface area contributed by atoms with Crippen LogP contribution in [-0.4, -0.2) is 70.5 Å². The summed E-state index contributed by atoms with van der Waals surface area (Å²) in [6, 6.07) is 13.9. The Morgan fingerprint density at radius 3 is 2.77 bits per heavy atom. The van der Waals surface area contributed by atoms with Gasteiger partial charge >= 0.3 is 6.09 Å². The summed E-state index contributed by atoms with van der Waals surface area (Å²) >= 11 is 0. The van der Waals surface area contributed by atoms with E-state index >= 15 is 0 Å². The van der Waals surface area contributed by atoms with Crippen molar-refractivity contribution in [2.24, 2.45) is 0 Å². The topological polar surface area (TPSA) is 131 Å². The van der Waals surface area contributed by atoms with E-state index < -0.39 is 6.09 Å². The molecule has 2 aromatic carbocycles. The molecule has 4 aromatic rings. The van der Waals surface area contributed by atoms with Crippen molar-refractivity contribution in [1.82, 2.24) is 19.4 Å². The second kappa shape index (κ2) is 11.7. The number of amides is 1. The standard InChI is InChI=1S/C29H35N7O4/c1-4-34(12-13-35(5-2)29(37)38)24-17-26(39-3)22(16-20(24)30)33-28-31-11-10-21(32-28)27-19-8-6-7-9-23(19)36-14-15-40-18-25(27)36/h6-11,16-17H,4-5,12-15,18,30H2,1-3H3,(H,37,38)(H,31,32,33).